The Kier molecular flexibility index (Phi) is 5.40. The van der Waals surface area contributed by atoms with E-state index in [9.17, 15) is 9.18 Å². The van der Waals surface area contributed by atoms with E-state index in [2.05, 4.69) is 0 Å². The molecule has 1 aromatic rings. The number of nitrogens with zero attached hydrogens (tertiary/aromatic N) is 1. The predicted molar refractivity (Wildman–Crippen MR) is 82.0 cm³/mol. The quantitative estimate of drug-likeness (QED) is 0.853. The van der Waals surface area contributed by atoms with Crippen molar-refractivity contribution in [2.75, 3.05) is 13.1 Å². The Morgan fingerprint density at radius 1 is 1.23 bits per heavy atom. The summed E-state index contributed by atoms with van der Waals surface area (Å²) in [4.78, 5) is 13.7. The van der Waals surface area contributed by atoms with Gasteiger partial charge in [-0.1, -0.05) is 12.1 Å². The van der Waals surface area contributed by atoms with Crippen molar-refractivity contribution in [3.8, 4) is 0 Å². The van der Waals surface area contributed by atoms with Crippen LogP contribution in [0.2, 0.25) is 0 Å². The average Bonchev–Trinajstić information content (AvgIpc) is 2.45. The fourth-order valence-electron chi connectivity index (χ4n) is 2.33. The number of likely N-dealkylation sites (tertiary alicyclic amines) is 1. The van der Waals surface area contributed by atoms with Gasteiger partial charge in [0.2, 0.25) is 0 Å². The minimum Gasteiger partial charge on any atom is -0.444 e. The molecule has 2 rings (SSSR count). The van der Waals surface area contributed by atoms with Gasteiger partial charge in [-0.2, -0.15) is 0 Å². The molecule has 0 atom stereocenters. The number of halogens is 1. The number of carbonyl (C=O) groups is 1. The molecule has 1 aliphatic heterocycles. The monoisotopic (exact) mass is 309 g/mol. The van der Waals surface area contributed by atoms with Crippen LogP contribution in [0.25, 0.3) is 0 Å². The number of amides is 1. The predicted octanol–water partition coefficient (Wildman–Crippen LogP) is 3.74. The van der Waals surface area contributed by atoms with Crippen molar-refractivity contribution in [1.29, 1.82) is 0 Å². The number of rotatable bonds is 3. The van der Waals surface area contributed by atoms with E-state index in [4.69, 9.17) is 9.47 Å². The lowest BCUT2D eigenvalue weighted by Crippen LogP contribution is -2.43. The first-order valence-electron chi connectivity index (χ1n) is 7.67. The Hall–Kier alpha value is -1.62. The van der Waals surface area contributed by atoms with E-state index in [0.29, 0.717) is 19.7 Å². The third-order valence-corrected chi connectivity index (χ3v) is 3.49. The Labute approximate surface area is 131 Å². The van der Waals surface area contributed by atoms with Crippen LogP contribution >= 0.6 is 0 Å². The summed E-state index contributed by atoms with van der Waals surface area (Å²) in [5, 5.41) is 0. The summed E-state index contributed by atoms with van der Waals surface area (Å²) in [5.74, 6) is -0.241. The minimum atomic E-state index is -0.465. The summed E-state index contributed by atoms with van der Waals surface area (Å²) in [6.07, 6.45) is 1.45. The first kappa shape index (κ1) is 16.7. The molecule has 122 valence electrons. The second-order valence-corrected chi connectivity index (χ2v) is 6.60. The van der Waals surface area contributed by atoms with E-state index < -0.39 is 5.60 Å². The first-order valence-corrected chi connectivity index (χ1v) is 7.67. The zero-order chi connectivity index (χ0) is 16.2. The Balaban J connectivity index is 1.73. The maximum absolute atomic E-state index is 12.8. The molecule has 1 aliphatic rings. The summed E-state index contributed by atoms with van der Waals surface area (Å²) in [5.41, 5.74) is 0.489. The fraction of sp³-hybridized carbons (Fsp3) is 0.588. The second-order valence-electron chi connectivity index (χ2n) is 6.60. The molecule has 1 fully saturated rings. The number of hydrogen-bond donors (Lipinski definition) is 0. The third-order valence-electron chi connectivity index (χ3n) is 3.49. The Morgan fingerprint density at radius 3 is 2.36 bits per heavy atom. The molecule has 1 amide bonds. The van der Waals surface area contributed by atoms with Gasteiger partial charge in [0.15, 0.2) is 0 Å². The van der Waals surface area contributed by atoms with Crippen LogP contribution in [0.5, 0.6) is 0 Å². The molecule has 0 unspecified atom stereocenters. The smallest absolute Gasteiger partial charge is 0.410 e. The van der Waals surface area contributed by atoms with Crippen LogP contribution in [0.15, 0.2) is 24.3 Å². The Morgan fingerprint density at radius 2 is 1.82 bits per heavy atom. The van der Waals surface area contributed by atoms with E-state index in [-0.39, 0.29) is 18.0 Å². The van der Waals surface area contributed by atoms with Gasteiger partial charge < -0.3 is 14.4 Å². The Bertz CT molecular complexity index is 488. The number of ether oxygens (including phenoxy) is 2. The summed E-state index contributed by atoms with van der Waals surface area (Å²) < 4.78 is 24.0. The highest BCUT2D eigenvalue weighted by molar-refractivity contribution is 5.68. The summed E-state index contributed by atoms with van der Waals surface area (Å²) >= 11 is 0. The third kappa shape index (κ3) is 5.30. The van der Waals surface area contributed by atoms with Crippen LogP contribution in [-0.4, -0.2) is 35.8 Å². The van der Waals surface area contributed by atoms with Gasteiger partial charge in [-0.05, 0) is 51.3 Å². The largest absolute Gasteiger partial charge is 0.444 e. The van der Waals surface area contributed by atoms with Crippen LogP contribution in [0.4, 0.5) is 9.18 Å². The van der Waals surface area contributed by atoms with Gasteiger partial charge in [-0.15, -0.1) is 0 Å². The molecule has 0 radical (unpaired) electrons. The molecule has 0 spiro atoms. The van der Waals surface area contributed by atoms with Gasteiger partial charge in [-0.3, -0.25) is 0 Å². The molecule has 0 aliphatic carbocycles. The molecule has 22 heavy (non-hydrogen) atoms. The molecule has 0 saturated carbocycles. The number of piperidine rings is 1. The van der Waals surface area contributed by atoms with E-state index in [1.807, 2.05) is 20.8 Å². The summed E-state index contributed by atoms with van der Waals surface area (Å²) in [6, 6.07) is 6.32. The molecule has 4 nitrogen and oxygen atoms in total. The van der Waals surface area contributed by atoms with Crippen molar-refractivity contribution in [3.63, 3.8) is 0 Å². The lowest BCUT2D eigenvalue weighted by Gasteiger charge is -2.33. The maximum atomic E-state index is 12.8. The number of carbonyl (C=O) groups excluding carboxylic acids is 1. The molecule has 0 N–H and O–H groups in total. The van der Waals surface area contributed by atoms with E-state index in [1.54, 1.807) is 17.0 Å². The normalized spacial score (nSPS) is 16.6. The van der Waals surface area contributed by atoms with Gasteiger partial charge in [-0.25, -0.2) is 9.18 Å². The average molecular weight is 309 g/mol. The molecule has 1 heterocycles. The highest BCUT2D eigenvalue weighted by Gasteiger charge is 2.27. The number of hydrogen-bond acceptors (Lipinski definition) is 3. The van der Waals surface area contributed by atoms with E-state index in [0.717, 1.165) is 18.4 Å². The van der Waals surface area contributed by atoms with Crippen molar-refractivity contribution < 1.29 is 18.7 Å². The SMILES string of the molecule is CC(C)(C)OC(=O)N1CCC(OCc2ccc(F)cc2)CC1. The standard InChI is InChI=1S/C17H24FNO3/c1-17(2,3)22-16(20)19-10-8-15(9-11-19)21-12-13-4-6-14(18)7-5-13/h4-7,15H,8-12H2,1-3H3. The lowest BCUT2D eigenvalue weighted by atomic mass is 10.1. The second kappa shape index (κ2) is 7.09. The van der Waals surface area contributed by atoms with E-state index in [1.165, 1.54) is 12.1 Å². The zero-order valence-corrected chi connectivity index (χ0v) is 13.5. The van der Waals surface area contributed by atoms with Gasteiger partial charge >= 0.3 is 6.09 Å². The molecule has 5 heteroatoms. The molecule has 0 bridgehead atoms. The van der Waals surface area contributed by atoms with Crippen LogP contribution in [0, 0.1) is 5.82 Å². The molecule has 0 aromatic heterocycles. The zero-order valence-electron chi connectivity index (χ0n) is 13.5. The molecule has 1 aromatic carbocycles. The molecular formula is C17H24FNO3. The highest BCUT2D eigenvalue weighted by Crippen LogP contribution is 2.18. The van der Waals surface area contributed by atoms with E-state index >= 15 is 0 Å². The van der Waals surface area contributed by atoms with Crippen molar-refractivity contribution in [3.05, 3.63) is 35.6 Å². The first-order chi connectivity index (χ1) is 10.3. The van der Waals surface area contributed by atoms with Crippen molar-refractivity contribution in [2.24, 2.45) is 0 Å². The topological polar surface area (TPSA) is 38.8 Å². The van der Waals surface area contributed by atoms with Gasteiger partial charge in [0, 0.05) is 13.1 Å². The van der Waals surface area contributed by atoms with Gasteiger partial charge in [0.1, 0.15) is 11.4 Å². The summed E-state index contributed by atoms with van der Waals surface area (Å²) in [7, 11) is 0. The van der Waals surface area contributed by atoms with Gasteiger partial charge in [0.25, 0.3) is 0 Å². The van der Waals surface area contributed by atoms with Crippen molar-refractivity contribution in [1.82, 2.24) is 4.90 Å². The minimum absolute atomic E-state index is 0.128. The fourth-order valence-corrected chi connectivity index (χ4v) is 2.33. The van der Waals surface area contributed by atoms with Crippen LogP contribution < -0.4 is 0 Å². The lowest BCUT2D eigenvalue weighted by molar-refractivity contribution is -0.0170. The van der Waals surface area contributed by atoms with Gasteiger partial charge in [0.05, 0.1) is 12.7 Å². The van der Waals surface area contributed by atoms with Crippen LogP contribution in [0.1, 0.15) is 39.2 Å². The number of benzene rings is 1. The van der Waals surface area contributed by atoms with Crippen LogP contribution in [0.3, 0.4) is 0 Å². The van der Waals surface area contributed by atoms with Crippen molar-refractivity contribution in [2.45, 2.75) is 51.9 Å². The highest BCUT2D eigenvalue weighted by atomic mass is 19.1. The molecular weight excluding hydrogens is 285 g/mol. The summed E-state index contributed by atoms with van der Waals surface area (Å²) in [6.45, 7) is 7.35. The van der Waals surface area contributed by atoms with Crippen LogP contribution in [-0.2, 0) is 16.1 Å². The maximum Gasteiger partial charge on any atom is 0.410 e. The van der Waals surface area contributed by atoms with Crippen molar-refractivity contribution >= 4 is 6.09 Å². The molecule has 1 saturated heterocycles.